The molecule has 74 valence electrons. The van der Waals surface area contributed by atoms with Gasteiger partial charge in [0.25, 0.3) is 0 Å². The lowest BCUT2D eigenvalue weighted by molar-refractivity contribution is -0.130. The lowest BCUT2D eigenvalue weighted by atomic mass is 9.98. The summed E-state index contributed by atoms with van der Waals surface area (Å²) in [6.07, 6.45) is 0.562. The van der Waals surface area contributed by atoms with Crippen LogP contribution in [0.1, 0.15) is 13.3 Å². The van der Waals surface area contributed by atoms with Crippen molar-refractivity contribution in [1.29, 1.82) is 0 Å². The van der Waals surface area contributed by atoms with Crippen LogP contribution < -0.4 is 5.73 Å². The molecule has 1 fully saturated rings. The Bertz CT molecular complexity index is 220. The van der Waals surface area contributed by atoms with Crippen LogP contribution in [0, 0.1) is 0 Å². The van der Waals surface area contributed by atoms with E-state index in [1.807, 2.05) is 6.92 Å². The molecular weight excluding hydrogens is 171 g/mol. The standard InChI is InChI=1S/C9H15FN2O/c1-3-9(13)12-5-8(11)7(10)4-6(12)2/h3,6-8H,1,4-5,11H2,2H3/t6-,7-,8-/m1/s1. The van der Waals surface area contributed by atoms with E-state index in [4.69, 9.17) is 5.73 Å². The zero-order valence-corrected chi connectivity index (χ0v) is 7.74. The second-order valence-electron chi connectivity index (χ2n) is 3.46. The Labute approximate surface area is 77.4 Å². The molecule has 1 heterocycles. The van der Waals surface area contributed by atoms with E-state index in [1.165, 1.54) is 6.08 Å². The van der Waals surface area contributed by atoms with Crippen molar-refractivity contribution in [3.63, 3.8) is 0 Å². The number of amides is 1. The zero-order valence-electron chi connectivity index (χ0n) is 7.74. The first-order chi connectivity index (χ1) is 6.06. The smallest absolute Gasteiger partial charge is 0.246 e. The fourth-order valence-electron chi connectivity index (χ4n) is 1.57. The van der Waals surface area contributed by atoms with Gasteiger partial charge in [-0.1, -0.05) is 6.58 Å². The number of halogens is 1. The average molecular weight is 186 g/mol. The highest BCUT2D eigenvalue weighted by Crippen LogP contribution is 2.19. The maximum atomic E-state index is 13.1. The molecule has 13 heavy (non-hydrogen) atoms. The molecule has 3 nitrogen and oxygen atoms in total. The Morgan fingerprint density at radius 1 is 1.77 bits per heavy atom. The summed E-state index contributed by atoms with van der Waals surface area (Å²) in [5, 5.41) is 0. The van der Waals surface area contributed by atoms with Crippen LogP contribution >= 0.6 is 0 Å². The van der Waals surface area contributed by atoms with Crippen molar-refractivity contribution in [2.24, 2.45) is 5.73 Å². The Morgan fingerprint density at radius 3 is 2.92 bits per heavy atom. The van der Waals surface area contributed by atoms with Crippen LogP contribution in [0.25, 0.3) is 0 Å². The second kappa shape index (κ2) is 3.87. The Kier molecular flexibility index (Phi) is 3.03. The van der Waals surface area contributed by atoms with Crippen LogP contribution in [0.15, 0.2) is 12.7 Å². The number of alkyl halides is 1. The monoisotopic (exact) mass is 186 g/mol. The van der Waals surface area contributed by atoms with Gasteiger partial charge in [0, 0.05) is 19.0 Å². The van der Waals surface area contributed by atoms with E-state index in [1.54, 1.807) is 4.90 Å². The number of likely N-dealkylation sites (tertiary alicyclic amines) is 1. The van der Waals surface area contributed by atoms with Crippen LogP contribution in [-0.4, -0.2) is 35.6 Å². The van der Waals surface area contributed by atoms with Gasteiger partial charge in [-0.3, -0.25) is 4.79 Å². The van der Waals surface area contributed by atoms with E-state index >= 15 is 0 Å². The zero-order chi connectivity index (χ0) is 10.0. The van der Waals surface area contributed by atoms with Gasteiger partial charge < -0.3 is 10.6 Å². The van der Waals surface area contributed by atoms with Gasteiger partial charge in [0.1, 0.15) is 6.17 Å². The van der Waals surface area contributed by atoms with Gasteiger partial charge >= 0.3 is 0 Å². The molecule has 0 aliphatic carbocycles. The van der Waals surface area contributed by atoms with E-state index in [0.29, 0.717) is 6.42 Å². The number of hydrogen-bond acceptors (Lipinski definition) is 2. The first-order valence-electron chi connectivity index (χ1n) is 4.39. The van der Waals surface area contributed by atoms with Gasteiger partial charge in [-0.25, -0.2) is 4.39 Å². The SMILES string of the molecule is C=CC(=O)N1C[C@@H](N)[C@H](F)C[C@H]1C. The van der Waals surface area contributed by atoms with Crippen molar-refractivity contribution in [3.05, 3.63) is 12.7 Å². The van der Waals surface area contributed by atoms with Crippen molar-refractivity contribution in [2.45, 2.75) is 31.6 Å². The summed E-state index contributed by atoms with van der Waals surface area (Å²) in [7, 11) is 0. The minimum atomic E-state index is -0.996. The number of carbonyl (C=O) groups excluding carboxylic acids is 1. The molecule has 1 rings (SSSR count). The topological polar surface area (TPSA) is 46.3 Å². The quantitative estimate of drug-likeness (QED) is 0.605. The highest BCUT2D eigenvalue weighted by atomic mass is 19.1. The number of piperidine rings is 1. The minimum Gasteiger partial charge on any atom is -0.335 e. The molecule has 0 saturated carbocycles. The molecule has 0 aromatic rings. The molecule has 3 atom stereocenters. The predicted molar refractivity (Wildman–Crippen MR) is 48.9 cm³/mol. The predicted octanol–water partition coefficient (Wildman–Crippen LogP) is 0.459. The minimum absolute atomic E-state index is 0.0831. The molecule has 1 amide bonds. The molecule has 0 aromatic carbocycles. The number of rotatable bonds is 1. The van der Waals surface area contributed by atoms with Gasteiger partial charge in [-0.15, -0.1) is 0 Å². The number of carbonyl (C=O) groups is 1. The summed E-state index contributed by atoms with van der Waals surface area (Å²) in [5.41, 5.74) is 5.52. The maximum Gasteiger partial charge on any atom is 0.246 e. The first kappa shape index (κ1) is 10.2. The molecular formula is C9H15FN2O. The van der Waals surface area contributed by atoms with Crippen LogP contribution in [0.4, 0.5) is 4.39 Å². The molecule has 4 heteroatoms. The second-order valence-corrected chi connectivity index (χ2v) is 3.46. The molecule has 0 bridgehead atoms. The van der Waals surface area contributed by atoms with Crippen molar-refractivity contribution < 1.29 is 9.18 Å². The first-order valence-corrected chi connectivity index (χ1v) is 4.39. The molecule has 1 aliphatic heterocycles. The lowest BCUT2D eigenvalue weighted by Gasteiger charge is -2.37. The molecule has 0 aromatic heterocycles. The Morgan fingerprint density at radius 2 is 2.38 bits per heavy atom. The highest BCUT2D eigenvalue weighted by molar-refractivity contribution is 5.87. The van der Waals surface area contributed by atoms with Crippen LogP contribution in [0.2, 0.25) is 0 Å². The maximum absolute atomic E-state index is 13.1. The van der Waals surface area contributed by atoms with Gasteiger partial charge in [-0.05, 0) is 13.0 Å². The number of hydrogen-bond donors (Lipinski definition) is 1. The average Bonchev–Trinajstić information content (AvgIpc) is 2.10. The summed E-state index contributed by atoms with van der Waals surface area (Å²) in [6.45, 7) is 5.49. The lowest BCUT2D eigenvalue weighted by Crippen LogP contribution is -2.55. The van der Waals surface area contributed by atoms with E-state index in [0.717, 1.165) is 0 Å². The number of nitrogens with zero attached hydrogens (tertiary/aromatic N) is 1. The molecule has 1 aliphatic rings. The van der Waals surface area contributed by atoms with Crippen LogP contribution in [0.3, 0.4) is 0 Å². The van der Waals surface area contributed by atoms with E-state index in [2.05, 4.69) is 6.58 Å². The van der Waals surface area contributed by atoms with Crippen molar-refractivity contribution in [1.82, 2.24) is 4.90 Å². The van der Waals surface area contributed by atoms with E-state index in [9.17, 15) is 9.18 Å². The van der Waals surface area contributed by atoms with E-state index in [-0.39, 0.29) is 18.5 Å². The third-order valence-corrected chi connectivity index (χ3v) is 2.43. The molecule has 2 N–H and O–H groups in total. The number of nitrogens with two attached hydrogens (primary N) is 1. The van der Waals surface area contributed by atoms with Crippen LogP contribution in [-0.2, 0) is 4.79 Å². The van der Waals surface area contributed by atoms with Gasteiger partial charge in [-0.2, -0.15) is 0 Å². The summed E-state index contributed by atoms with van der Waals surface area (Å²) in [5.74, 6) is -0.171. The summed E-state index contributed by atoms with van der Waals surface area (Å²) < 4.78 is 13.1. The van der Waals surface area contributed by atoms with Gasteiger partial charge in [0.05, 0.1) is 6.04 Å². The third-order valence-electron chi connectivity index (χ3n) is 2.43. The molecule has 1 saturated heterocycles. The third kappa shape index (κ3) is 2.06. The molecule has 0 radical (unpaired) electrons. The highest BCUT2D eigenvalue weighted by Gasteiger charge is 2.32. The fourth-order valence-corrected chi connectivity index (χ4v) is 1.57. The summed E-state index contributed by atoms with van der Waals surface area (Å²) in [4.78, 5) is 12.8. The molecule has 0 spiro atoms. The van der Waals surface area contributed by atoms with Crippen LogP contribution in [0.5, 0.6) is 0 Å². The fraction of sp³-hybridized carbons (Fsp3) is 0.667. The van der Waals surface area contributed by atoms with E-state index < -0.39 is 12.2 Å². The normalized spacial score (nSPS) is 34.4. The van der Waals surface area contributed by atoms with Gasteiger partial charge in [0.2, 0.25) is 5.91 Å². The summed E-state index contributed by atoms with van der Waals surface area (Å²) >= 11 is 0. The van der Waals surface area contributed by atoms with Gasteiger partial charge in [0.15, 0.2) is 0 Å². The summed E-state index contributed by atoms with van der Waals surface area (Å²) in [6, 6.07) is -0.639. The Hall–Kier alpha value is -0.900. The van der Waals surface area contributed by atoms with Crippen molar-refractivity contribution in [2.75, 3.05) is 6.54 Å². The van der Waals surface area contributed by atoms with Crippen molar-refractivity contribution in [3.8, 4) is 0 Å². The molecule has 0 unspecified atom stereocenters. The largest absolute Gasteiger partial charge is 0.335 e. The Balaban J connectivity index is 2.66. The van der Waals surface area contributed by atoms with Crippen molar-refractivity contribution >= 4 is 5.91 Å².